The van der Waals surface area contributed by atoms with Gasteiger partial charge in [0.25, 0.3) is 0 Å². The predicted octanol–water partition coefficient (Wildman–Crippen LogP) is 4.01. The molecule has 0 aliphatic carbocycles. The summed E-state index contributed by atoms with van der Waals surface area (Å²) >= 11 is 0. The molecule has 0 aromatic heterocycles. The van der Waals surface area contributed by atoms with E-state index < -0.39 is 23.3 Å². The molecule has 6 heteroatoms. The zero-order valence-electron chi connectivity index (χ0n) is 13.5. The van der Waals surface area contributed by atoms with E-state index in [1.165, 1.54) is 0 Å². The molecule has 122 valence electrons. The first kappa shape index (κ1) is 18.1. The van der Waals surface area contributed by atoms with E-state index in [2.05, 4.69) is 5.32 Å². The number of halogens is 2. The fourth-order valence-electron chi connectivity index (χ4n) is 1.76. The topological polar surface area (TPSA) is 62.2 Å². The normalized spacial score (nSPS) is 11.5. The van der Waals surface area contributed by atoms with E-state index in [4.69, 9.17) is 10.1 Å². The zero-order valence-corrected chi connectivity index (χ0v) is 13.5. The second kappa shape index (κ2) is 6.85. The van der Waals surface area contributed by atoms with Crippen LogP contribution in [0.15, 0.2) is 12.1 Å². The van der Waals surface area contributed by atoms with Crippen LogP contribution >= 0.6 is 0 Å². The number of rotatable bonds is 4. The van der Waals surface area contributed by atoms with Gasteiger partial charge in [0.15, 0.2) is 0 Å². The number of benzene rings is 1. The maximum absolute atomic E-state index is 14.0. The molecule has 0 fully saturated rings. The molecule has 0 heterocycles. The van der Waals surface area contributed by atoms with Gasteiger partial charge >= 0.3 is 6.09 Å². The first-order valence-electron chi connectivity index (χ1n) is 7.05. The van der Waals surface area contributed by atoms with Gasteiger partial charge in [0, 0.05) is 12.3 Å². The van der Waals surface area contributed by atoms with E-state index in [-0.39, 0.29) is 29.3 Å². The Labute approximate surface area is 129 Å². The third-order valence-electron chi connectivity index (χ3n) is 2.78. The van der Waals surface area contributed by atoms with Crippen molar-refractivity contribution in [3.63, 3.8) is 0 Å². The van der Waals surface area contributed by atoms with Crippen molar-refractivity contribution in [2.75, 3.05) is 0 Å². The van der Waals surface area contributed by atoms with Gasteiger partial charge in [-0.2, -0.15) is 0 Å². The van der Waals surface area contributed by atoms with E-state index in [0.717, 1.165) is 12.1 Å². The number of hydrogen-bond donors (Lipinski definition) is 2. The molecule has 2 N–H and O–H groups in total. The first-order valence-corrected chi connectivity index (χ1v) is 7.05. The molecule has 0 bridgehead atoms. The van der Waals surface area contributed by atoms with Crippen molar-refractivity contribution in [3.8, 4) is 0 Å². The van der Waals surface area contributed by atoms with Crippen LogP contribution in [-0.4, -0.2) is 17.4 Å². The highest BCUT2D eigenvalue weighted by atomic mass is 19.1. The lowest BCUT2D eigenvalue weighted by atomic mass is 9.98. The van der Waals surface area contributed by atoms with E-state index in [1.807, 2.05) is 0 Å². The number of hydrogen-bond acceptors (Lipinski definition) is 3. The van der Waals surface area contributed by atoms with Crippen molar-refractivity contribution in [2.45, 2.75) is 46.8 Å². The maximum atomic E-state index is 14.0. The van der Waals surface area contributed by atoms with Crippen LogP contribution in [0.3, 0.4) is 0 Å². The molecule has 1 amide bonds. The Hall–Kier alpha value is -1.98. The lowest BCUT2D eigenvalue weighted by Crippen LogP contribution is -2.32. The monoisotopic (exact) mass is 312 g/mol. The molecule has 1 aromatic carbocycles. The Morgan fingerprint density at radius 1 is 1.27 bits per heavy atom. The summed E-state index contributed by atoms with van der Waals surface area (Å²) in [7, 11) is 0. The SMILES string of the molecule is CC(C)C(=N)c1c(F)cc(CNC(=O)OC(C)(C)C)cc1F. The van der Waals surface area contributed by atoms with Gasteiger partial charge in [-0.15, -0.1) is 0 Å². The van der Waals surface area contributed by atoms with Gasteiger partial charge in [-0.3, -0.25) is 0 Å². The Kier molecular flexibility index (Phi) is 5.63. The van der Waals surface area contributed by atoms with Crippen LogP contribution < -0.4 is 5.32 Å². The number of alkyl carbamates (subject to hydrolysis) is 1. The second-order valence-electron chi connectivity index (χ2n) is 6.36. The van der Waals surface area contributed by atoms with Crippen LogP contribution in [0.5, 0.6) is 0 Å². The zero-order chi connectivity index (χ0) is 17.1. The molecule has 0 saturated heterocycles. The Balaban J connectivity index is 2.83. The van der Waals surface area contributed by atoms with Gasteiger partial charge in [0.2, 0.25) is 0 Å². The Bertz CT molecular complexity index is 555. The average Bonchev–Trinajstić information content (AvgIpc) is 2.33. The summed E-state index contributed by atoms with van der Waals surface area (Å²) in [6.45, 7) is 8.49. The van der Waals surface area contributed by atoms with Gasteiger partial charge in [-0.1, -0.05) is 13.8 Å². The standard InChI is InChI=1S/C16H22F2N2O2/c1-9(2)14(19)13-11(17)6-10(7-12(13)18)8-20-15(21)22-16(3,4)5/h6-7,9,19H,8H2,1-5H3,(H,20,21). The van der Waals surface area contributed by atoms with E-state index in [0.29, 0.717) is 0 Å². The minimum absolute atomic E-state index is 0.0575. The van der Waals surface area contributed by atoms with Crippen LogP contribution in [0.1, 0.15) is 45.7 Å². The molecular weight excluding hydrogens is 290 g/mol. The predicted molar refractivity (Wildman–Crippen MR) is 81.1 cm³/mol. The molecule has 1 aromatic rings. The van der Waals surface area contributed by atoms with Crippen LogP contribution in [0, 0.1) is 23.0 Å². The van der Waals surface area contributed by atoms with Crippen LogP contribution in [0.4, 0.5) is 13.6 Å². The lowest BCUT2D eigenvalue weighted by Gasteiger charge is -2.19. The van der Waals surface area contributed by atoms with Gasteiger partial charge in [0.05, 0.1) is 5.56 Å². The molecule has 22 heavy (non-hydrogen) atoms. The number of amides is 1. The average molecular weight is 312 g/mol. The molecule has 0 saturated carbocycles. The van der Waals surface area contributed by atoms with Crippen molar-refractivity contribution < 1.29 is 18.3 Å². The molecule has 0 radical (unpaired) electrons. The van der Waals surface area contributed by atoms with Crippen LogP contribution in [0.25, 0.3) is 0 Å². The lowest BCUT2D eigenvalue weighted by molar-refractivity contribution is 0.0523. The minimum Gasteiger partial charge on any atom is -0.444 e. The summed E-state index contributed by atoms with van der Waals surface area (Å²) in [5.74, 6) is -1.89. The number of ether oxygens (including phenoxy) is 1. The van der Waals surface area contributed by atoms with E-state index >= 15 is 0 Å². The molecular formula is C16H22F2N2O2. The van der Waals surface area contributed by atoms with Crippen molar-refractivity contribution >= 4 is 11.8 Å². The smallest absolute Gasteiger partial charge is 0.407 e. The van der Waals surface area contributed by atoms with Crippen molar-refractivity contribution in [3.05, 3.63) is 34.9 Å². The highest BCUT2D eigenvalue weighted by Crippen LogP contribution is 2.19. The summed E-state index contributed by atoms with van der Waals surface area (Å²) in [4.78, 5) is 11.5. The van der Waals surface area contributed by atoms with Gasteiger partial charge in [-0.05, 0) is 44.4 Å². The van der Waals surface area contributed by atoms with E-state index in [1.54, 1.807) is 34.6 Å². The summed E-state index contributed by atoms with van der Waals surface area (Å²) in [5.41, 5.74) is -0.796. The van der Waals surface area contributed by atoms with Gasteiger partial charge in [-0.25, -0.2) is 13.6 Å². The fraction of sp³-hybridized carbons (Fsp3) is 0.500. The summed E-state index contributed by atoms with van der Waals surface area (Å²) < 4.78 is 33.0. The molecule has 0 atom stereocenters. The Morgan fingerprint density at radius 3 is 2.18 bits per heavy atom. The van der Waals surface area contributed by atoms with Crippen molar-refractivity contribution in [1.29, 1.82) is 5.41 Å². The number of carbonyl (C=O) groups excluding carboxylic acids is 1. The third-order valence-corrected chi connectivity index (χ3v) is 2.78. The third kappa shape index (κ3) is 5.09. The number of carbonyl (C=O) groups is 1. The summed E-state index contributed by atoms with van der Waals surface area (Å²) in [6, 6.07) is 2.24. The van der Waals surface area contributed by atoms with E-state index in [9.17, 15) is 13.6 Å². The maximum Gasteiger partial charge on any atom is 0.407 e. The van der Waals surface area contributed by atoms with Crippen molar-refractivity contribution in [2.24, 2.45) is 5.92 Å². The van der Waals surface area contributed by atoms with Crippen molar-refractivity contribution in [1.82, 2.24) is 5.32 Å². The molecule has 0 aliphatic heterocycles. The largest absolute Gasteiger partial charge is 0.444 e. The fourth-order valence-corrected chi connectivity index (χ4v) is 1.76. The summed E-state index contributed by atoms with van der Waals surface area (Å²) in [6.07, 6.45) is -0.660. The second-order valence-corrected chi connectivity index (χ2v) is 6.36. The quantitative estimate of drug-likeness (QED) is 0.825. The highest BCUT2D eigenvalue weighted by molar-refractivity contribution is 6.00. The van der Waals surface area contributed by atoms with Gasteiger partial charge < -0.3 is 15.5 Å². The highest BCUT2D eigenvalue weighted by Gasteiger charge is 2.19. The van der Waals surface area contributed by atoms with Crippen LogP contribution in [0.2, 0.25) is 0 Å². The van der Waals surface area contributed by atoms with Gasteiger partial charge in [0.1, 0.15) is 17.2 Å². The Morgan fingerprint density at radius 2 is 1.77 bits per heavy atom. The molecule has 0 spiro atoms. The minimum atomic E-state index is -0.806. The molecule has 0 unspecified atom stereocenters. The molecule has 1 rings (SSSR count). The first-order chi connectivity index (χ1) is 10.0. The molecule has 0 aliphatic rings. The molecule has 4 nitrogen and oxygen atoms in total. The van der Waals surface area contributed by atoms with Crippen LogP contribution in [-0.2, 0) is 11.3 Å². The summed E-state index contributed by atoms with van der Waals surface area (Å²) in [5, 5.41) is 10.2. The number of nitrogens with one attached hydrogen (secondary N) is 2.